The number of ether oxygens (including phenoxy) is 3. The average molecular weight is 540 g/mol. The van der Waals surface area contributed by atoms with Crippen molar-refractivity contribution in [2.45, 2.75) is 19.6 Å². The van der Waals surface area contributed by atoms with Gasteiger partial charge in [0.05, 0.1) is 6.61 Å². The largest absolute Gasteiger partial charge is 0.490 e. The number of anilines is 1. The van der Waals surface area contributed by atoms with Gasteiger partial charge in [0.1, 0.15) is 18.2 Å². The Bertz CT molecular complexity index is 1440. The minimum absolute atomic E-state index is 0.0871. The van der Waals surface area contributed by atoms with Gasteiger partial charge in [0, 0.05) is 11.3 Å². The number of para-hydroxylation sites is 1. The van der Waals surface area contributed by atoms with Crippen molar-refractivity contribution in [1.82, 2.24) is 5.32 Å². The molecule has 1 atom stereocenters. The second-order valence-corrected chi connectivity index (χ2v) is 8.61. The highest BCUT2D eigenvalue weighted by Crippen LogP contribution is 2.35. The van der Waals surface area contributed by atoms with Crippen LogP contribution >= 0.6 is 0 Å². The van der Waals surface area contributed by atoms with Crippen molar-refractivity contribution in [2.24, 2.45) is 0 Å². The molecular formula is C31H29N3O6. The second-order valence-electron chi connectivity index (χ2n) is 8.61. The molecule has 0 saturated carbocycles. The lowest BCUT2D eigenvalue weighted by molar-refractivity contribution is -0.138. The number of carboxylic acid groups (broad SMARTS) is 1. The van der Waals surface area contributed by atoms with Gasteiger partial charge < -0.3 is 24.6 Å². The number of amidine groups is 1. The van der Waals surface area contributed by atoms with E-state index >= 15 is 0 Å². The summed E-state index contributed by atoms with van der Waals surface area (Å²) in [4.78, 5) is 24.3. The van der Waals surface area contributed by atoms with Crippen LogP contribution in [0, 0.1) is 5.41 Å². The molecule has 0 radical (unpaired) electrons. The van der Waals surface area contributed by atoms with Crippen LogP contribution in [0.15, 0.2) is 103 Å². The summed E-state index contributed by atoms with van der Waals surface area (Å²) in [5, 5.41) is 23.5. The average Bonchev–Trinajstić information content (AvgIpc) is 2.97. The first-order valence-electron chi connectivity index (χ1n) is 12.6. The van der Waals surface area contributed by atoms with E-state index in [1.54, 1.807) is 42.5 Å². The summed E-state index contributed by atoms with van der Waals surface area (Å²) in [7, 11) is 0. The summed E-state index contributed by atoms with van der Waals surface area (Å²) >= 11 is 0. The Hall–Kier alpha value is -5.31. The molecule has 1 amide bonds. The topological polar surface area (TPSA) is 130 Å². The lowest BCUT2D eigenvalue weighted by Gasteiger charge is -2.19. The number of amides is 1. The van der Waals surface area contributed by atoms with E-state index in [2.05, 4.69) is 10.6 Å². The smallest absolute Gasteiger partial charge is 0.413 e. The fourth-order valence-electron chi connectivity index (χ4n) is 3.79. The normalized spacial score (nSPS) is 11.1. The van der Waals surface area contributed by atoms with E-state index in [0.717, 1.165) is 5.56 Å². The zero-order valence-electron chi connectivity index (χ0n) is 21.8. The zero-order chi connectivity index (χ0) is 28.3. The third-order valence-corrected chi connectivity index (χ3v) is 5.74. The molecule has 0 aliphatic heterocycles. The summed E-state index contributed by atoms with van der Waals surface area (Å²) in [5.41, 5.74) is 2.24. The van der Waals surface area contributed by atoms with Crippen LogP contribution in [0.2, 0.25) is 0 Å². The highest BCUT2D eigenvalue weighted by atomic mass is 16.5. The maximum absolute atomic E-state index is 12.2. The van der Waals surface area contributed by atoms with E-state index in [1.807, 2.05) is 67.6 Å². The molecule has 4 aromatic carbocycles. The van der Waals surface area contributed by atoms with Crippen molar-refractivity contribution in [3.63, 3.8) is 0 Å². The van der Waals surface area contributed by atoms with Crippen LogP contribution in [0.1, 0.15) is 29.7 Å². The van der Waals surface area contributed by atoms with Gasteiger partial charge >= 0.3 is 12.1 Å². The summed E-state index contributed by atoms with van der Waals surface area (Å²) in [5.74, 6) is 0.298. The predicted molar refractivity (Wildman–Crippen MR) is 151 cm³/mol. The van der Waals surface area contributed by atoms with E-state index < -0.39 is 18.1 Å². The van der Waals surface area contributed by atoms with Gasteiger partial charge in [0.25, 0.3) is 0 Å². The van der Waals surface area contributed by atoms with Crippen LogP contribution in [-0.4, -0.2) is 29.6 Å². The van der Waals surface area contributed by atoms with Crippen molar-refractivity contribution >= 4 is 23.6 Å². The van der Waals surface area contributed by atoms with Crippen LogP contribution in [0.3, 0.4) is 0 Å². The number of carbonyl (C=O) groups excluding carboxylic acids is 1. The van der Waals surface area contributed by atoms with Crippen LogP contribution in [0.25, 0.3) is 0 Å². The lowest BCUT2D eigenvalue weighted by Crippen LogP contribution is -2.31. The summed E-state index contributed by atoms with van der Waals surface area (Å²) in [6, 6.07) is 28.8. The van der Waals surface area contributed by atoms with Crippen molar-refractivity contribution in [2.75, 3.05) is 11.9 Å². The molecule has 0 fully saturated rings. The summed E-state index contributed by atoms with van der Waals surface area (Å²) < 4.78 is 16.8. The van der Waals surface area contributed by atoms with Crippen molar-refractivity contribution < 1.29 is 28.9 Å². The lowest BCUT2D eigenvalue weighted by atomic mass is 10.1. The number of alkyl carbamates (subject to hydrolysis) is 1. The molecule has 0 saturated heterocycles. The molecule has 4 N–H and O–H groups in total. The van der Waals surface area contributed by atoms with Gasteiger partial charge in [0.15, 0.2) is 17.5 Å². The molecule has 0 heterocycles. The van der Waals surface area contributed by atoms with Crippen LogP contribution < -0.4 is 20.1 Å². The Balaban J connectivity index is 1.41. The number of hydrogen-bond acceptors (Lipinski definition) is 7. The monoisotopic (exact) mass is 539 g/mol. The Kier molecular flexibility index (Phi) is 9.34. The Labute approximate surface area is 231 Å². The molecule has 0 aliphatic carbocycles. The van der Waals surface area contributed by atoms with E-state index in [1.165, 1.54) is 0 Å². The SMILES string of the molecule is CCOc1cc([C@@H](Nc2ccc(C(=N)NC(=O)OCc3ccccc3)cc2)C(=O)O)ccc1Oc1ccccc1. The maximum atomic E-state index is 12.2. The number of carbonyl (C=O) groups is 2. The number of rotatable bonds is 11. The van der Waals surface area contributed by atoms with E-state index in [9.17, 15) is 14.7 Å². The van der Waals surface area contributed by atoms with Gasteiger partial charge in [-0.3, -0.25) is 10.7 Å². The molecule has 9 heteroatoms. The number of carboxylic acids is 1. The van der Waals surface area contributed by atoms with Gasteiger partial charge in [-0.1, -0.05) is 54.6 Å². The number of aliphatic carboxylic acids is 1. The Morgan fingerprint density at radius 2 is 1.55 bits per heavy atom. The molecular weight excluding hydrogens is 510 g/mol. The first-order valence-corrected chi connectivity index (χ1v) is 12.6. The molecule has 0 aliphatic rings. The Morgan fingerprint density at radius 1 is 0.875 bits per heavy atom. The van der Waals surface area contributed by atoms with Crippen LogP contribution in [0.5, 0.6) is 17.2 Å². The van der Waals surface area contributed by atoms with Crippen molar-refractivity contribution in [3.8, 4) is 17.2 Å². The van der Waals surface area contributed by atoms with Gasteiger partial charge in [-0.25, -0.2) is 9.59 Å². The van der Waals surface area contributed by atoms with Crippen molar-refractivity contribution in [1.29, 1.82) is 5.41 Å². The first-order chi connectivity index (χ1) is 19.4. The molecule has 9 nitrogen and oxygen atoms in total. The third kappa shape index (κ3) is 7.61. The molecule has 204 valence electrons. The summed E-state index contributed by atoms with van der Waals surface area (Å²) in [6.45, 7) is 2.30. The summed E-state index contributed by atoms with van der Waals surface area (Å²) in [6.07, 6.45) is -0.744. The molecule has 4 aromatic rings. The first kappa shape index (κ1) is 27.7. The van der Waals surface area contributed by atoms with Crippen LogP contribution in [0.4, 0.5) is 10.5 Å². The van der Waals surface area contributed by atoms with E-state index in [4.69, 9.17) is 19.6 Å². The van der Waals surface area contributed by atoms with E-state index in [0.29, 0.717) is 40.7 Å². The fourth-order valence-corrected chi connectivity index (χ4v) is 3.79. The zero-order valence-corrected chi connectivity index (χ0v) is 21.8. The van der Waals surface area contributed by atoms with Gasteiger partial charge in [-0.15, -0.1) is 0 Å². The quantitative estimate of drug-likeness (QED) is 0.129. The highest BCUT2D eigenvalue weighted by Gasteiger charge is 2.22. The fraction of sp³-hybridized carbons (Fsp3) is 0.129. The number of benzene rings is 4. The van der Waals surface area contributed by atoms with E-state index in [-0.39, 0.29) is 12.4 Å². The van der Waals surface area contributed by atoms with Crippen molar-refractivity contribution in [3.05, 3.63) is 120 Å². The minimum Gasteiger partial charge on any atom is -0.490 e. The number of nitrogens with one attached hydrogen (secondary N) is 3. The second kappa shape index (κ2) is 13.5. The Morgan fingerprint density at radius 3 is 2.20 bits per heavy atom. The molecule has 0 aromatic heterocycles. The molecule has 40 heavy (non-hydrogen) atoms. The van der Waals surface area contributed by atoms with Gasteiger partial charge in [-0.05, 0) is 66.6 Å². The molecule has 4 rings (SSSR count). The minimum atomic E-state index is -1.08. The molecule has 0 unspecified atom stereocenters. The van der Waals surface area contributed by atoms with Gasteiger partial charge in [-0.2, -0.15) is 0 Å². The maximum Gasteiger partial charge on any atom is 0.413 e. The third-order valence-electron chi connectivity index (χ3n) is 5.74. The van der Waals surface area contributed by atoms with Gasteiger partial charge in [0.2, 0.25) is 0 Å². The molecule has 0 spiro atoms. The highest BCUT2D eigenvalue weighted by molar-refractivity contribution is 6.04. The standard InChI is InChI=1S/C31H29N3O6/c1-2-38-27-19-23(15-18-26(27)40-25-11-7-4-8-12-25)28(30(35)36)33-24-16-13-22(14-17-24)29(32)34-31(37)39-20-21-9-5-3-6-10-21/h3-19,28,33H,2,20H2,1H3,(H,35,36)(H2,32,34,37)/t28-/m1/s1. The van der Waals surface area contributed by atoms with Crippen LogP contribution in [-0.2, 0) is 16.1 Å². The number of hydrogen-bond donors (Lipinski definition) is 4. The molecule has 0 bridgehead atoms. The predicted octanol–water partition coefficient (Wildman–Crippen LogP) is 6.37.